The van der Waals surface area contributed by atoms with Crippen LogP contribution in [-0.4, -0.2) is 20.3 Å². The molecule has 0 spiro atoms. The van der Waals surface area contributed by atoms with E-state index >= 15 is 0 Å². The Hall–Kier alpha value is -0.460. The predicted molar refractivity (Wildman–Crippen MR) is 56.3 cm³/mol. The van der Waals surface area contributed by atoms with Crippen molar-refractivity contribution < 1.29 is 28.7 Å². The van der Waals surface area contributed by atoms with Crippen LogP contribution in [0, 0.1) is 0 Å². The van der Waals surface area contributed by atoms with Crippen molar-refractivity contribution in [1.29, 1.82) is 0 Å². The van der Waals surface area contributed by atoms with E-state index in [0.29, 0.717) is 0 Å². The lowest BCUT2D eigenvalue weighted by molar-refractivity contribution is -0.205. The molecule has 8 nitrogen and oxygen atoms in total. The van der Waals surface area contributed by atoms with Crippen LogP contribution >= 0.6 is 26.8 Å². The first kappa shape index (κ1) is 14.6. The number of hydrogen-bond donors (Lipinski definition) is 3. The van der Waals surface area contributed by atoms with Gasteiger partial charge in [-0.15, -0.1) is 0 Å². The van der Waals surface area contributed by atoms with E-state index in [1.165, 1.54) is 12.1 Å². The number of pyridine rings is 1. The summed E-state index contributed by atoms with van der Waals surface area (Å²) < 4.78 is 21.6. The van der Waals surface area contributed by atoms with Crippen molar-refractivity contribution in [2.24, 2.45) is 0 Å². The highest BCUT2D eigenvalue weighted by atomic mass is 35.5. The van der Waals surface area contributed by atoms with Gasteiger partial charge in [-0.1, -0.05) is 11.6 Å². The number of hydrogen-bond acceptors (Lipinski definition) is 6. The van der Waals surface area contributed by atoms with Gasteiger partial charge in [0.05, 0.1) is 5.02 Å². The summed E-state index contributed by atoms with van der Waals surface area (Å²) in [5.74, 6) is -0.186. The van der Waals surface area contributed by atoms with Crippen LogP contribution in [0.4, 0.5) is 5.82 Å². The Kier molecular flexibility index (Phi) is 4.33. The first-order chi connectivity index (χ1) is 7.60. The van der Waals surface area contributed by atoms with Gasteiger partial charge in [0.25, 0.3) is 0 Å². The average Bonchev–Trinajstić information content (AvgIpc) is 2.13. The molecule has 17 heavy (non-hydrogen) atoms. The molecule has 0 saturated heterocycles. The highest BCUT2D eigenvalue weighted by molar-refractivity contribution is 7.69. The molecule has 0 radical (unpaired) electrons. The lowest BCUT2D eigenvalue weighted by Gasteiger charge is -2.34. The molecule has 1 aromatic heterocycles. The van der Waals surface area contributed by atoms with E-state index in [1.54, 1.807) is 0 Å². The van der Waals surface area contributed by atoms with Crippen molar-refractivity contribution in [2.75, 3.05) is 5.32 Å². The average molecular weight is 301 g/mol. The number of nitrogens with one attached hydrogen (secondary N) is 1. The van der Waals surface area contributed by atoms with Crippen molar-refractivity contribution in [1.82, 2.24) is 4.98 Å². The number of nitrogens with zero attached hydrogens (tertiary/aromatic N) is 1. The summed E-state index contributed by atoms with van der Waals surface area (Å²) in [4.78, 5) is 42.5. The summed E-state index contributed by atoms with van der Waals surface area (Å²) in [6, 6.07) is 2.49. The van der Waals surface area contributed by atoms with Crippen molar-refractivity contribution in [3.05, 3.63) is 23.4 Å². The van der Waals surface area contributed by atoms with Crippen LogP contribution < -0.4 is 15.1 Å². The molecule has 0 aliphatic rings. The van der Waals surface area contributed by atoms with Crippen LogP contribution in [-0.2, 0) is 9.13 Å². The molecule has 1 heterocycles. The second kappa shape index (κ2) is 5.04. The van der Waals surface area contributed by atoms with Gasteiger partial charge in [0.1, 0.15) is 5.82 Å². The number of anilines is 1. The van der Waals surface area contributed by atoms with Gasteiger partial charge >= 0.3 is 0 Å². The quantitative estimate of drug-likeness (QED) is 0.632. The SMILES string of the molecule is O=P([O-])(O)C(Nc1ccc(Cl)cn1)P(=O)([O-])O. The second-order valence-electron chi connectivity index (χ2n) is 3.01. The van der Waals surface area contributed by atoms with Gasteiger partial charge in [0, 0.05) is 6.20 Å². The van der Waals surface area contributed by atoms with Gasteiger partial charge in [0.15, 0.2) is 20.7 Å². The summed E-state index contributed by atoms with van der Waals surface area (Å²) in [7, 11) is -10.7. The van der Waals surface area contributed by atoms with E-state index in [-0.39, 0.29) is 10.8 Å². The Morgan fingerprint density at radius 1 is 1.29 bits per heavy atom. The normalized spacial score (nSPS) is 20.1. The highest BCUT2D eigenvalue weighted by Gasteiger charge is 2.30. The molecule has 11 heteroatoms. The molecule has 1 rings (SSSR count). The lowest BCUT2D eigenvalue weighted by atomic mass is 10.5. The minimum atomic E-state index is -5.33. The molecular formula is C6H7ClN2O6P2-2. The standard InChI is InChI=1S/C6H9ClN2O6P2/c7-4-1-2-5(8-3-4)9-6(16(10,11)12)17(13,14)15/h1-3,6H,(H,8,9)(H2,10,11,12)(H2,13,14,15)/p-2. The first-order valence-corrected chi connectivity index (χ1v) is 7.73. The van der Waals surface area contributed by atoms with Gasteiger partial charge in [-0.25, -0.2) is 4.98 Å². The van der Waals surface area contributed by atoms with Crippen LogP contribution in [0.3, 0.4) is 0 Å². The van der Waals surface area contributed by atoms with Crippen LogP contribution in [0.15, 0.2) is 18.3 Å². The maximum atomic E-state index is 10.8. The molecule has 1 aromatic rings. The summed E-state index contributed by atoms with van der Waals surface area (Å²) in [5.41, 5.74) is -2.55. The summed E-state index contributed by atoms with van der Waals surface area (Å²) >= 11 is 5.51. The maximum absolute atomic E-state index is 10.8. The molecule has 0 fully saturated rings. The Morgan fingerprint density at radius 3 is 2.18 bits per heavy atom. The number of rotatable bonds is 4. The van der Waals surface area contributed by atoms with Gasteiger partial charge in [-0.2, -0.15) is 0 Å². The molecule has 2 atom stereocenters. The molecule has 2 unspecified atom stereocenters. The Balaban J connectivity index is 3.00. The molecule has 0 aromatic carbocycles. The molecule has 0 aliphatic heterocycles. The fraction of sp³-hybridized carbons (Fsp3) is 0.167. The van der Waals surface area contributed by atoms with Crippen molar-refractivity contribution in [2.45, 2.75) is 5.52 Å². The number of halogens is 1. The predicted octanol–water partition coefficient (Wildman–Crippen LogP) is -0.478. The summed E-state index contributed by atoms with van der Waals surface area (Å²) in [6.45, 7) is 0. The smallest absolute Gasteiger partial charge is 0.163 e. The van der Waals surface area contributed by atoms with E-state index in [4.69, 9.17) is 21.4 Å². The largest absolute Gasteiger partial charge is 0.777 e. The van der Waals surface area contributed by atoms with Crippen molar-refractivity contribution in [3.8, 4) is 0 Å². The minimum absolute atomic E-state index is 0.186. The van der Waals surface area contributed by atoms with E-state index < -0.39 is 20.7 Å². The molecule has 3 N–H and O–H groups in total. The van der Waals surface area contributed by atoms with Crippen LogP contribution in [0.5, 0.6) is 0 Å². The second-order valence-corrected chi connectivity index (χ2v) is 7.14. The third kappa shape index (κ3) is 4.37. The monoisotopic (exact) mass is 300 g/mol. The maximum Gasteiger partial charge on any atom is 0.163 e. The third-order valence-electron chi connectivity index (χ3n) is 1.62. The van der Waals surface area contributed by atoms with E-state index in [1.807, 2.05) is 5.32 Å². The van der Waals surface area contributed by atoms with E-state index in [9.17, 15) is 18.9 Å². The first-order valence-electron chi connectivity index (χ1n) is 4.06. The van der Waals surface area contributed by atoms with Gasteiger partial charge in [-0.05, 0) is 12.1 Å². The molecule has 0 bridgehead atoms. The van der Waals surface area contributed by atoms with Crippen molar-refractivity contribution >= 4 is 32.6 Å². The van der Waals surface area contributed by atoms with E-state index in [0.717, 1.165) is 6.20 Å². The van der Waals surface area contributed by atoms with Gasteiger partial charge < -0.3 is 34.0 Å². The Labute approximate surface area is 101 Å². The van der Waals surface area contributed by atoms with Crippen LogP contribution in [0.25, 0.3) is 0 Å². The molecule has 96 valence electrons. The van der Waals surface area contributed by atoms with Crippen LogP contribution in [0.1, 0.15) is 0 Å². The zero-order valence-corrected chi connectivity index (χ0v) is 10.6. The topological polar surface area (TPSA) is 146 Å². The van der Waals surface area contributed by atoms with Crippen LogP contribution in [0.2, 0.25) is 5.02 Å². The third-order valence-corrected chi connectivity index (χ3v) is 5.09. The summed E-state index contributed by atoms with van der Waals surface area (Å²) in [5, 5.41) is 2.11. The molecule has 0 saturated carbocycles. The fourth-order valence-corrected chi connectivity index (χ4v) is 3.12. The van der Waals surface area contributed by atoms with Gasteiger partial charge in [0.2, 0.25) is 0 Å². The minimum Gasteiger partial charge on any atom is -0.777 e. The Bertz CT molecular complexity index is 460. The molecule has 0 aliphatic carbocycles. The van der Waals surface area contributed by atoms with E-state index in [2.05, 4.69) is 4.98 Å². The molecule has 0 amide bonds. The number of aromatic nitrogens is 1. The zero-order chi connectivity index (χ0) is 13.3. The Morgan fingerprint density at radius 2 is 1.82 bits per heavy atom. The highest BCUT2D eigenvalue weighted by Crippen LogP contribution is 2.54. The van der Waals surface area contributed by atoms with Gasteiger partial charge in [-0.3, -0.25) is 0 Å². The molecular weight excluding hydrogens is 293 g/mol. The fourth-order valence-electron chi connectivity index (χ4n) is 0.941. The zero-order valence-electron chi connectivity index (χ0n) is 8.06. The lowest BCUT2D eigenvalue weighted by Crippen LogP contribution is -2.29. The van der Waals surface area contributed by atoms with Crippen molar-refractivity contribution in [3.63, 3.8) is 0 Å². The summed E-state index contributed by atoms with van der Waals surface area (Å²) in [6.07, 6.45) is 1.13.